The fraction of sp³-hybridized carbons (Fsp3) is 0.700. The zero-order chi connectivity index (χ0) is 13.8. The van der Waals surface area contributed by atoms with Gasteiger partial charge in [0, 0.05) is 13.1 Å². The highest BCUT2D eigenvalue weighted by Crippen LogP contribution is 2.66. The number of hydrogen-bond donors (Lipinski definition) is 0. The topological polar surface area (TPSA) is 51.0 Å². The average Bonchev–Trinajstić information content (AvgIpc) is 2.78. The molecule has 0 bridgehead atoms. The van der Waals surface area contributed by atoms with E-state index in [1.54, 1.807) is 0 Å². The van der Waals surface area contributed by atoms with Crippen LogP contribution in [0.1, 0.15) is 42.4 Å². The molecule has 4 unspecified atom stereocenters. The molecule has 106 valence electrons. The van der Waals surface area contributed by atoms with Gasteiger partial charge in [0.2, 0.25) is 0 Å². The quantitative estimate of drug-likeness (QED) is 0.777. The third kappa shape index (κ3) is 3.51. The van der Waals surface area contributed by atoms with Crippen LogP contribution in [0.15, 0.2) is 0 Å². The van der Waals surface area contributed by atoms with Crippen molar-refractivity contribution in [2.45, 2.75) is 32.6 Å². The van der Waals surface area contributed by atoms with E-state index in [9.17, 15) is 4.79 Å². The molecule has 0 saturated carbocycles. The smallest absolute Gasteiger partial charge is 0.274 e. The maximum atomic E-state index is 12.7. The Hall–Kier alpha value is 0.330. The van der Waals surface area contributed by atoms with Crippen molar-refractivity contribution in [3.05, 3.63) is 11.4 Å². The van der Waals surface area contributed by atoms with Gasteiger partial charge in [-0.25, -0.2) is 4.45 Å². The summed E-state index contributed by atoms with van der Waals surface area (Å²) in [5.74, 6) is 0.115. The number of carbonyl (C=O) groups excluding carboxylic acids is 1. The van der Waals surface area contributed by atoms with Crippen LogP contribution in [-0.4, -0.2) is 38.7 Å². The van der Waals surface area contributed by atoms with Crippen LogP contribution >= 0.6 is 33.3 Å². The molecule has 0 fully saturated rings. The third-order valence-corrected chi connectivity index (χ3v) is 12.5. The predicted octanol–water partition coefficient (Wildman–Crippen LogP) is 2.89. The molecule has 1 amide bonds. The van der Waals surface area contributed by atoms with Crippen LogP contribution in [0.25, 0.3) is 0 Å². The maximum absolute atomic E-state index is 12.7. The number of unbranched alkanes of at least 4 members (excludes halogenated alkanes) is 1. The average molecular weight is 336 g/mol. The van der Waals surface area contributed by atoms with Crippen molar-refractivity contribution < 1.29 is 4.79 Å². The molecule has 9 heteroatoms. The molecule has 0 aliphatic carbocycles. The van der Waals surface area contributed by atoms with E-state index in [4.69, 9.17) is 0 Å². The lowest BCUT2D eigenvalue weighted by Crippen LogP contribution is -2.33. The van der Waals surface area contributed by atoms with Crippen LogP contribution in [0.4, 0.5) is 0 Å². The molecular formula is C10H20N4OP4. The summed E-state index contributed by atoms with van der Waals surface area (Å²) in [7, 11) is 5.68. The minimum Gasteiger partial charge on any atom is -0.337 e. The van der Waals surface area contributed by atoms with E-state index in [2.05, 4.69) is 35.1 Å². The highest BCUT2D eigenvalue weighted by atomic mass is 32.6. The number of fused-ring (bicyclic) bond motifs is 1. The van der Waals surface area contributed by atoms with Gasteiger partial charge < -0.3 is 4.90 Å². The van der Waals surface area contributed by atoms with Crippen molar-refractivity contribution >= 4 is 39.2 Å². The summed E-state index contributed by atoms with van der Waals surface area (Å²) in [5, 5.41) is 8.41. The first kappa shape index (κ1) is 15.7. The van der Waals surface area contributed by atoms with E-state index in [1.807, 2.05) is 9.35 Å². The summed E-state index contributed by atoms with van der Waals surface area (Å²) < 4.78 is 1.84. The molecule has 4 atom stereocenters. The zero-order valence-electron chi connectivity index (χ0n) is 11.0. The highest BCUT2D eigenvalue weighted by molar-refractivity contribution is 8.60. The lowest BCUT2D eigenvalue weighted by atomic mass is 10.2. The molecule has 0 N–H and O–H groups in total. The molecule has 2 rings (SSSR count). The number of hydrogen-bond acceptors (Lipinski definition) is 3. The van der Waals surface area contributed by atoms with E-state index in [-0.39, 0.29) is 5.91 Å². The Kier molecular flexibility index (Phi) is 6.10. The Balaban J connectivity index is 2.29. The lowest BCUT2D eigenvalue weighted by molar-refractivity contribution is 0.0751. The van der Waals surface area contributed by atoms with E-state index in [1.165, 1.54) is 0 Å². The van der Waals surface area contributed by atoms with E-state index in [0.29, 0.717) is 7.96 Å². The fourth-order valence-electron chi connectivity index (χ4n) is 2.14. The standard InChI is InChI=1S/C10H20N4OP4/c1-2-3-6-13-7-4-5-8-9(10(13)15)14(12-11-8)19(17)18-16/h18H,2-7,16-17H2,1H3. The van der Waals surface area contributed by atoms with Crippen LogP contribution in [0.5, 0.6) is 0 Å². The monoisotopic (exact) mass is 336 g/mol. The van der Waals surface area contributed by atoms with Gasteiger partial charge in [0.05, 0.1) is 13.1 Å². The van der Waals surface area contributed by atoms with Gasteiger partial charge in [-0.15, -0.1) is 14.0 Å². The second kappa shape index (κ2) is 7.37. The normalized spacial score (nSPS) is 17.8. The molecule has 2 heterocycles. The molecule has 5 nitrogen and oxygen atoms in total. The maximum Gasteiger partial charge on any atom is 0.274 e. The Morgan fingerprint density at radius 1 is 1.53 bits per heavy atom. The second-order valence-corrected chi connectivity index (χ2v) is 13.3. The Labute approximate surface area is 121 Å². The number of aryl methyl sites for hydroxylation is 1. The predicted molar refractivity (Wildman–Crippen MR) is 89.2 cm³/mol. The molecule has 1 aliphatic rings. The number of aromatic nitrogens is 3. The first-order valence-electron chi connectivity index (χ1n) is 6.44. The molecule has 0 saturated heterocycles. The zero-order valence-corrected chi connectivity index (χ0v) is 15.2. The van der Waals surface area contributed by atoms with Gasteiger partial charge in [-0.1, -0.05) is 27.5 Å². The summed E-state index contributed by atoms with van der Waals surface area (Å²) >= 11 is 0. The van der Waals surface area contributed by atoms with Crippen molar-refractivity contribution in [1.29, 1.82) is 0 Å². The van der Waals surface area contributed by atoms with Crippen LogP contribution in [0, 0.1) is 0 Å². The summed E-state index contributed by atoms with van der Waals surface area (Å²) in [6.45, 7) is 3.84. The molecular weight excluding hydrogens is 316 g/mol. The number of rotatable bonds is 5. The minimum atomic E-state index is -0.519. The van der Waals surface area contributed by atoms with E-state index >= 15 is 0 Å². The largest absolute Gasteiger partial charge is 0.337 e. The van der Waals surface area contributed by atoms with Gasteiger partial charge >= 0.3 is 0 Å². The first-order valence-corrected chi connectivity index (χ1v) is 13.0. The number of amides is 1. The van der Waals surface area contributed by atoms with Crippen molar-refractivity contribution in [1.82, 2.24) is 19.7 Å². The van der Waals surface area contributed by atoms with Crippen molar-refractivity contribution in [2.75, 3.05) is 13.1 Å². The lowest BCUT2D eigenvalue weighted by Gasteiger charge is -2.21. The van der Waals surface area contributed by atoms with Gasteiger partial charge in [-0.3, -0.25) is 4.79 Å². The van der Waals surface area contributed by atoms with E-state index < -0.39 is 7.45 Å². The highest BCUT2D eigenvalue weighted by Gasteiger charge is 2.29. The van der Waals surface area contributed by atoms with Crippen LogP contribution in [0.2, 0.25) is 0 Å². The summed E-state index contributed by atoms with van der Waals surface area (Å²) in [5.41, 5.74) is 1.60. The number of carbonyl (C=O) groups is 1. The minimum absolute atomic E-state index is 0.115. The second-order valence-electron chi connectivity index (χ2n) is 4.50. The van der Waals surface area contributed by atoms with Gasteiger partial charge in [-0.2, -0.15) is 0 Å². The molecule has 0 radical (unpaired) electrons. The third-order valence-electron chi connectivity index (χ3n) is 3.17. The van der Waals surface area contributed by atoms with Crippen molar-refractivity contribution in [2.24, 2.45) is 0 Å². The summed E-state index contributed by atoms with van der Waals surface area (Å²) in [6, 6.07) is 0. The Morgan fingerprint density at radius 2 is 2.32 bits per heavy atom. The van der Waals surface area contributed by atoms with Gasteiger partial charge in [0.15, 0.2) is 5.69 Å². The summed E-state index contributed by atoms with van der Waals surface area (Å²) in [4.78, 5) is 14.6. The van der Waals surface area contributed by atoms with Gasteiger partial charge in [0.25, 0.3) is 5.91 Å². The van der Waals surface area contributed by atoms with Gasteiger partial charge in [0.1, 0.15) is 0 Å². The molecule has 1 aromatic heterocycles. The summed E-state index contributed by atoms with van der Waals surface area (Å²) in [6.07, 6.45) is 4.01. The van der Waals surface area contributed by atoms with Crippen LogP contribution in [0.3, 0.4) is 0 Å². The molecule has 1 aliphatic heterocycles. The van der Waals surface area contributed by atoms with Gasteiger partial charge in [-0.05, 0) is 27.2 Å². The molecule has 1 aromatic rings. The fourth-order valence-corrected chi connectivity index (χ4v) is 5.01. The van der Waals surface area contributed by atoms with Crippen LogP contribution in [-0.2, 0) is 6.42 Å². The SMILES string of the molecule is CCCCN1CCCc2nnn(P(P)PP)c2C1=O. The van der Waals surface area contributed by atoms with Crippen LogP contribution < -0.4 is 0 Å². The molecule has 0 aromatic carbocycles. The molecule has 19 heavy (non-hydrogen) atoms. The first-order chi connectivity index (χ1) is 9.19. The van der Waals surface area contributed by atoms with Crippen molar-refractivity contribution in [3.8, 4) is 0 Å². The van der Waals surface area contributed by atoms with Crippen molar-refractivity contribution in [3.63, 3.8) is 0 Å². The van der Waals surface area contributed by atoms with E-state index in [0.717, 1.165) is 50.2 Å². The Morgan fingerprint density at radius 3 is 3.00 bits per heavy atom. The molecule has 0 spiro atoms. The number of nitrogens with zero attached hydrogens (tertiary/aromatic N) is 4. The Bertz CT molecular complexity index is 453.